The molecule has 112 valence electrons. The third-order valence-corrected chi connectivity index (χ3v) is 4.12. The Morgan fingerprint density at radius 2 is 2.24 bits per heavy atom. The molecular weight excluding hydrogens is 310 g/mol. The first-order chi connectivity index (χ1) is 10.0. The summed E-state index contributed by atoms with van der Waals surface area (Å²) >= 11 is 7.31. The number of fused-ring (bicyclic) bond motifs is 1. The molecule has 0 bridgehead atoms. The Morgan fingerprint density at radius 3 is 2.90 bits per heavy atom. The monoisotopic (exact) mass is 325 g/mol. The van der Waals surface area contributed by atoms with Crippen molar-refractivity contribution >= 4 is 40.2 Å². The van der Waals surface area contributed by atoms with Gasteiger partial charge in [0, 0.05) is 23.7 Å². The van der Waals surface area contributed by atoms with Gasteiger partial charge in [-0.15, -0.1) is 0 Å². The van der Waals surface area contributed by atoms with Gasteiger partial charge in [-0.05, 0) is 24.6 Å². The fraction of sp³-hybridized carbons (Fsp3) is 0.357. The molecule has 0 spiro atoms. The maximum absolute atomic E-state index is 12.5. The minimum absolute atomic E-state index is 0.0832. The van der Waals surface area contributed by atoms with Crippen molar-refractivity contribution in [1.29, 1.82) is 0 Å². The zero-order valence-electron chi connectivity index (χ0n) is 11.6. The molecule has 0 aliphatic carbocycles. The smallest absolute Gasteiger partial charge is 0.262 e. The van der Waals surface area contributed by atoms with Gasteiger partial charge in [0.1, 0.15) is 0 Å². The van der Waals surface area contributed by atoms with Crippen molar-refractivity contribution in [2.75, 3.05) is 5.75 Å². The van der Waals surface area contributed by atoms with Gasteiger partial charge in [-0.1, -0.05) is 30.3 Å². The van der Waals surface area contributed by atoms with E-state index in [0.29, 0.717) is 33.4 Å². The van der Waals surface area contributed by atoms with E-state index in [0.717, 1.165) is 6.42 Å². The first-order valence-electron chi connectivity index (χ1n) is 6.64. The molecule has 0 saturated heterocycles. The predicted molar refractivity (Wildman–Crippen MR) is 85.8 cm³/mol. The van der Waals surface area contributed by atoms with Crippen LogP contribution in [0.2, 0.25) is 5.02 Å². The van der Waals surface area contributed by atoms with Crippen LogP contribution in [0.25, 0.3) is 10.9 Å². The number of nitrogens with zero attached hydrogens (tertiary/aromatic N) is 2. The summed E-state index contributed by atoms with van der Waals surface area (Å²) in [6.07, 6.45) is 1.07. The van der Waals surface area contributed by atoms with E-state index in [1.54, 1.807) is 22.8 Å². The molecule has 0 unspecified atom stereocenters. The molecule has 0 aliphatic rings. The summed E-state index contributed by atoms with van der Waals surface area (Å²) in [6.45, 7) is 2.58. The fourth-order valence-corrected chi connectivity index (χ4v) is 3.09. The van der Waals surface area contributed by atoms with E-state index in [1.165, 1.54) is 11.8 Å². The number of carbonyl (C=O) groups is 1. The summed E-state index contributed by atoms with van der Waals surface area (Å²) in [6, 6.07) is 5.05. The number of thioether (sulfide) groups is 1. The van der Waals surface area contributed by atoms with Crippen molar-refractivity contribution in [3.8, 4) is 0 Å². The SMILES string of the molecule is CCCn1c(SCCC(N)=O)nc2cc(Cl)ccc2c1=O. The van der Waals surface area contributed by atoms with Crippen molar-refractivity contribution in [3.63, 3.8) is 0 Å². The van der Waals surface area contributed by atoms with Crippen molar-refractivity contribution in [1.82, 2.24) is 9.55 Å². The highest BCUT2D eigenvalue weighted by Crippen LogP contribution is 2.21. The molecule has 1 aromatic carbocycles. The maximum Gasteiger partial charge on any atom is 0.262 e. The van der Waals surface area contributed by atoms with E-state index < -0.39 is 0 Å². The third-order valence-electron chi connectivity index (χ3n) is 2.91. The van der Waals surface area contributed by atoms with E-state index >= 15 is 0 Å². The lowest BCUT2D eigenvalue weighted by atomic mass is 10.2. The van der Waals surface area contributed by atoms with Crippen molar-refractivity contribution in [2.24, 2.45) is 5.73 Å². The zero-order valence-corrected chi connectivity index (χ0v) is 13.2. The number of halogens is 1. The highest BCUT2D eigenvalue weighted by molar-refractivity contribution is 7.99. The Kier molecular flexibility index (Phi) is 5.25. The van der Waals surface area contributed by atoms with Gasteiger partial charge in [0.25, 0.3) is 5.56 Å². The number of rotatable bonds is 6. The molecule has 1 aromatic heterocycles. The molecule has 7 heteroatoms. The lowest BCUT2D eigenvalue weighted by Crippen LogP contribution is -2.23. The summed E-state index contributed by atoms with van der Waals surface area (Å²) < 4.78 is 1.64. The molecule has 0 radical (unpaired) electrons. The Morgan fingerprint density at radius 1 is 1.48 bits per heavy atom. The number of nitrogens with two attached hydrogens (primary N) is 1. The van der Waals surface area contributed by atoms with Gasteiger partial charge in [-0.3, -0.25) is 14.2 Å². The second kappa shape index (κ2) is 6.95. The average Bonchev–Trinajstić information content (AvgIpc) is 2.42. The van der Waals surface area contributed by atoms with Gasteiger partial charge in [0.2, 0.25) is 5.91 Å². The van der Waals surface area contributed by atoms with Crippen LogP contribution in [0.15, 0.2) is 28.2 Å². The first kappa shape index (κ1) is 15.9. The minimum atomic E-state index is -0.365. The van der Waals surface area contributed by atoms with E-state index in [-0.39, 0.29) is 17.9 Å². The van der Waals surface area contributed by atoms with Crippen LogP contribution in [0.3, 0.4) is 0 Å². The van der Waals surface area contributed by atoms with Crippen LogP contribution in [0, 0.1) is 0 Å². The molecule has 21 heavy (non-hydrogen) atoms. The fourth-order valence-electron chi connectivity index (χ4n) is 1.95. The number of benzene rings is 1. The maximum atomic E-state index is 12.5. The molecule has 0 atom stereocenters. The molecule has 0 fully saturated rings. The van der Waals surface area contributed by atoms with Crippen LogP contribution in [0.4, 0.5) is 0 Å². The second-order valence-electron chi connectivity index (χ2n) is 4.58. The van der Waals surface area contributed by atoms with Gasteiger partial charge in [0.05, 0.1) is 10.9 Å². The van der Waals surface area contributed by atoms with Crippen LogP contribution in [-0.4, -0.2) is 21.2 Å². The van der Waals surface area contributed by atoms with Crippen molar-refractivity contribution in [3.05, 3.63) is 33.6 Å². The van der Waals surface area contributed by atoms with Gasteiger partial charge in [-0.25, -0.2) is 4.98 Å². The third kappa shape index (κ3) is 3.77. The van der Waals surface area contributed by atoms with Gasteiger partial charge >= 0.3 is 0 Å². The Hall–Kier alpha value is -1.53. The Balaban J connectivity index is 2.47. The summed E-state index contributed by atoms with van der Waals surface area (Å²) in [5.41, 5.74) is 5.62. The molecule has 5 nitrogen and oxygen atoms in total. The Bertz CT molecular complexity index is 730. The van der Waals surface area contributed by atoms with Crippen LogP contribution in [0.1, 0.15) is 19.8 Å². The van der Waals surface area contributed by atoms with E-state index in [2.05, 4.69) is 4.98 Å². The molecule has 0 saturated carbocycles. The summed E-state index contributed by atoms with van der Waals surface area (Å²) in [4.78, 5) is 27.9. The van der Waals surface area contributed by atoms with Gasteiger partial charge in [0.15, 0.2) is 5.16 Å². The van der Waals surface area contributed by atoms with Crippen LogP contribution in [0.5, 0.6) is 0 Å². The molecule has 2 rings (SSSR count). The molecule has 2 aromatic rings. The molecule has 0 aliphatic heterocycles. The summed E-state index contributed by atoms with van der Waals surface area (Å²) in [5, 5.41) is 1.68. The van der Waals surface area contributed by atoms with Gasteiger partial charge < -0.3 is 5.73 Å². The number of aromatic nitrogens is 2. The van der Waals surface area contributed by atoms with Crippen LogP contribution >= 0.6 is 23.4 Å². The van der Waals surface area contributed by atoms with Crippen molar-refractivity contribution in [2.45, 2.75) is 31.5 Å². The van der Waals surface area contributed by atoms with Gasteiger partial charge in [-0.2, -0.15) is 0 Å². The van der Waals surface area contributed by atoms with E-state index in [9.17, 15) is 9.59 Å². The molecular formula is C14H16ClN3O2S. The van der Waals surface area contributed by atoms with Crippen LogP contribution < -0.4 is 11.3 Å². The number of amides is 1. The average molecular weight is 326 g/mol. The predicted octanol–water partition coefficient (Wildman–Crippen LogP) is 2.43. The number of hydrogen-bond acceptors (Lipinski definition) is 4. The normalized spacial score (nSPS) is 11.0. The van der Waals surface area contributed by atoms with E-state index in [1.807, 2.05) is 6.92 Å². The largest absolute Gasteiger partial charge is 0.370 e. The number of hydrogen-bond donors (Lipinski definition) is 1. The van der Waals surface area contributed by atoms with E-state index in [4.69, 9.17) is 17.3 Å². The standard InChI is InChI=1S/C14H16ClN3O2S/c1-2-6-18-13(20)10-4-3-9(15)8-11(10)17-14(18)21-7-5-12(16)19/h3-4,8H,2,5-7H2,1H3,(H2,16,19). The lowest BCUT2D eigenvalue weighted by molar-refractivity contribution is -0.117. The quantitative estimate of drug-likeness (QED) is 0.653. The highest BCUT2D eigenvalue weighted by atomic mass is 35.5. The molecule has 1 amide bonds. The minimum Gasteiger partial charge on any atom is -0.370 e. The Labute approximate surface area is 131 Å². The van der Waals surface area contributed by atoms with Crippen molar-refractivity contribution < 1.29 is 4.79 Å². The van der Waals surface area contributed by atoms with Crippen LogP contribution in [-0.2, 0) is 11.3 Å². The highest BCUT2D eigenvalue weighted by Gasteiger charge is 2.11. The summed E-state index contributed by atoms with van der Waals surface area (Å²) in [5.74, 6) is 0.133. The second-order valence-corrected chi connectivity index (χ2v) is 6.08. The summed E-state index contributed by atoms with van der Waals surface area (Å²) in [7, 11) is 0. The number of carbonyl (C=O) groups excluding carboxylic acids is 1. The lowest BCUT2D eigenvalue weighted by Gasteiger charge is -2.12. The molecule has 2 N–H and O–H groups in total. The zero-order chi connectivity index (χ0) is 15.4. The topological polar surface area (TPSA) is 78.0 Å². The first-order valence-corrected chi connectivity index (χ1v) is 8.00. The number of primary amides is 1. The molecule has 1 heterocycles.